The molecule has 1 N–H and O–H groups in total. The first-order valence-corrected chi connectivity index (χ1v) is 5.55. The van der Waals surface area contributed by atoms with Gasteiger partial charge in [0.05, 0.1) is 12.6 Å². The number of nitrogens with zero attached hydrogens (tertiary/aromatic N) is 1. The molecule has 2 rings (SSSR count). The van der Waals surface area contributed by atoms with E-state index in [1.165, 1.54) is 6.07 Å². The Morgan fingerprint density at radius 2 is 2.35 bits per heavy atom. The van der Waals surface area contributed by atoms with Gasteiger partial charge in [0, 0.05) is 13.6 Å². The number of rotatable bonds is 3. The van der Waals surface area contributed by atoms with E-state index in [0.717, 1.165) is 5.56 Å². The lowest BCUT2D eigenvalue weighted by Crippen LogP contribution is -2.23. The van der Waals surface area contributed by atoms with Gasteiger partial charge in [-0.05, 0) is 24.6 Å². The van der Waals surface area contributed by atoms with Gasteiger partial charge in [0.15, 0.2) is 11.6 Å². The summed E-state index contributed by atoms with van der Waals surface area (Å²) in [4.78, 5) is 12.9. The number of urea groups is 1. The molecule has 1 saturated heterocycles. The lowest BCUT2D eigenvalue weighted by molar-refractivity contribution is 0.226. The lowest BCUT2D eigenvalue weighted by atomic mass is 10.1. The highest BCUT2D eigenvalue weighted by molar-refractivity contribution is 5.76. The van der Waals surface area contributed by atoms with E-state index in [1.54, 1.807) is 31.0 Å². The normalized spacial score (nSPS) is 19.4. The van der Waals surface area contributed by atoms with Crippen LogP contribution in [0.25, 0.3) is 0 Å². The van der Waals surface area contributed by atoms with E-state index in [1.807, 2.05) is 0 Å². The fourth-order valence-electron chi connectivity index (χ4n) is 1.86. The maximum Gasteiger partial charge on any atom is 0.317 e. The number of hydrogen-bond acceptors (Lipinski definition) is 2. The molecule has 0 saturated carbocycles. The first-order chi connectivity index (χ1) is 8.11. The highest BCUT2D eigenvalue weighted by atomic mass is 19.1. The zero-order valence-electron chi connectivity index (χ0n) is 9.87. The average molecular weight is 238 g/mol. The molecule has 2 amide bonds. The fourth-order valence-corrected chi connectivity index (χ4v) is 1.86. The van der Waals surface area contributed by atoms with E-state index in [2.05, 4.69) is 5.32 Å². The molecule has 0 aliphatic carbocycles. The molecule has 0 spiro atoms. The molecule has 1 aliphatic heterocycles. The van der Waals surface area contributed by atoms with Crippen molar-refractivity contribution < 1.29 is 13.9 Å². The molecule has 1 heterocycles. The van der Waals surface area contributed by atoms with Crippen LogP contribution in [0.4, 0.5) is 9.18 Å². The Bertz CT molecular complexity index is 437. The Labute approximate surface area is 99.4 Å². The summed E-state index contributed by atoms with van der Waals surface area (Å²) in [6.45, 7) is 2.78. The number of amides is 2. The summed E-state index contributed by atoms with van der Waals surface area (Å²) in [5.41, 5.74) is 0.753. The topological polar surface area (TPSA) is 41.6 Å². The molecule has 1 aromatic carbocycles. The van der Waals surface area contributed by atoms with Gasteiger partial charge < -0.3 is 15.0 Å². The van der Waals surface area contributed by atoms with Crippen molar-refractivity contribution in [1.29, 1.82) is 0 Å². The molecule has 0 aromatic heterocycles. The standard InChI is InChI=1S/C12H15FN2O2/c1-3-17-11-5-4-8(6-9(11)13)10-7-15(2)12(16)14-10/h4-6,10H,3,7H2,1-2H3,(H,14,16). The van der Waals surface area contributed by atoms with Crippen molar-refractivity contribution in [2.75, 3.05) is 20.2 Å². The van der Waals surface area contributed by atoms with E-state index < -0.39 is 5.82 Å². The second-order valence-electron chi connectivity index (χ2n) is 4.01. The molecule has 1 unspecified atom stereocenters. The van der Waals surface area contributed by atoms with E-state index in [0.29, 0.717) is 13.2 Å². The van der Waals surface area contributed by atoms with Crippen molar-refractivity contribution in [2.45, 2.75) is 13.0 Å². The van der Waals surface area contributed by atoms with Crippen molar-refractivity contribution in [3.63, 3.8) is 0 Å². The molecule has 1 atom stereocenters. The quantitative estimate of drug-likeness (QED) is 0.874. The minimum absolute atomic E-state index is 0.135. The zero-order valence-corrected chi connectivity index (χ0v) is 9.87. The second kappa shape index (κ2) is 4.61. The number of carbonyl (C=O) groups excluding carboxylic acids is 1. The third-order valence-electron chi connectivity index (χ3n) is 2.76. The third-order valence-corrected chi connectivity index (χ3v) is 2.76. The highest BCUT2D eigenvalue weighted by Gasteiger charge is 2.27. The molecule has 17 heavy (non-hydrogen) atoms. The van der Waals surface area contributed by atoms with E-state index in [4.69, 9.17) is 4.74 Å². The van der Waals surface area contributed by atoms with Crippen LogP contribution < -0.4 is 10.1 Å². The second-order valence-corrected chi connectivity index (χ2v) is 4.01. The predicted octanol–water partition coefficient (Wildman–Crippen LogP) is 1.92. The third kappa shape index (κ3) is 2.33. The number of halogens is 1. The molecular weight excluding hydrogens is 223 g/mol. The summed E-state index contributed by atoms with van der Waals surface area (Å²) in [6, 6.07) is 4.49. The molecular formula is C12H15FN2O2. The van der Waals surface area contributed by atoms with Gasteiger partial charge >= 0.3 is 6.03 Å². The summed E-state index contributed by atoms with van der Waals surface area (Å²) < 4.78 is 18.8. The van der Waals surface area contributed by atoms with Gasteiger partial charge in [0.1, 0.15) is 0 Å². The number of hydrogen-bond donors (Lipinski definition) is 1. The van der Waals surface area contributed by atoms with Crippen molar-refractivity contribution in [3.05, 3.63) is 29.6 Å². The summed E-state index contributed by atoms with van der Waals surface area (Å²) in [5, 5.41) is 2.78. The number of likely N-dealkylation sites (N-methyl/N-ethyl adjacent to an activating group) is 1. The number of carbonyl (C=O) groups is 1. The van der Waals surface area contributed by atoms with Crippen LogP contribution in [0.5, 0.6) is 5.75 Å². The van der Waals surface area contributed by atoms with Crippen LogP contribution in [0, 0.1) is 5.82 Å². The molecule has 1 aromatic rings. The Morgan fingerprint density at radius 3 is 2.88 bits per heavy atom. The minimum Gasteiger partial charge on any atom is -0.491 e. The highest BCUT2D eigenvalue weighted by Crippen LogP contribution is 2.24. The van der Waals surface area contributed by atoms with E-state index in [9.17, 15) is 9.18 Å². The Balaban J connectivity index is 2.18. The molecule has 4 nitrogen and oxygen atoms in total. The van der Waals surface area contributed by atoms with Crippen LogP contribution in [0.3, 0.4) is 0 Å². The van der Waals surface area contributed by atoms with Gasteiger partial charge in [0.25, 0.3) is 0 Å². The number of benzene rings is 1. The van der Waals surface area contributed by atoms with Crippen LogP contribution in [0.2, 0.25) is 0 Å². The van der Waals surface area contributed by atoms with Crippen LogP contribution >= 0.6 is 0 Å². The van der Waals surface area contributed by atoms with Crippen molar-refractivity contribution >= 4 is 6.03 Å². The molecule has 1 fully saturated rings. The monoisotopic (exact) mass is 238 g/mol. The van der Waals surface area contributed by atoms with Crippen LogP contribution in [-0.2, 0) is 0 Å². The minimum atomic E-state index is -0.395. The van der Waals surface area contributed by atoms with Gasteiger partial charge in [-0.2, -0.15) is 0 Å². The van der Waals surface area contributed by atoms with Crippen LogP contribution in [0.1, 0.15) is 18.5 Å². The van der Waals surface area contributed by atoms with Crippen molar-refractivity contribution in [3.8, 4) is 5.75 Å². The molecule has 92 valence electrons. The van der Waals surface area contributed by atoms with Crippen LogP contribution in [0.15, 0.2) is 18.2 Å². The number of ether oxygens (including phenoxy) is 1. The summed E-state index contributed by atoms with van der Waals surface area (Å²) in [6.07, 6.45) is 0. The Hall–Kier alpha value is -1.78. The first kappa shape index (κ1) is 11.7. The predicted molar refractivity (Wildman–Crippen MR) is 61.5 cm³/mol. The molecule has 1 aliphatic rings. The molecule has 0 radical (unpaired) electrons. The zero-order chi connectivity index (χ0) is 12.4. The van der Waals surface area contributed by atoms with Gasteiger partial charge in [-0.25, -0.2) is 9.18 Å². The van der Waals surface area contributed by atoms with Crippen LogP contribution in [-0.4, -0.2) is 31.1 Å². The Morgan fingerprint density at radius 1 is 1.59 bits per heavy atom. The van der Waals surface area contributed by atoms with Crippen molar-refractivity contribution in [2.24, 2.45) is 0 Å². The van der Waals surface area contributed by atoms with E-state index >= 15 is 0 Å². The molecule has 0 bridgehead atoms. The van der Waals surface area contributed by atoms with Crippen molar-refractivity contribution in [1.82, 2.24) is 10.2 Å². The average Bonchev–Trinajstić information content (AvgIpc) is 2.62. The van der Waals surface area contributed by atoms with Gasteiger partial charge in [-0.1, -0.05) is 6.07 Å². The summed E-state index contributed by atoms with van der Waals surface area (Å²) >= 11 is 0. The fraction of sp³-hybridized carbons (Fsp3) is 0.417. The maximum absolute atomic E-state index is 13.6. The summed E-state index contributed by atoms with van der Waals surface area (Å²) in [5.74, 6) is -0.151. The van der Waals surface area contributed by atoms with Gasteiger partial charge in [-0.15, -0.1) is 0 Å². The Kier molecular flexibility index (Phi) is 3.17. The maximum atomic E-state index is 13.6. The largest absolute Gasteiger partial charge is 0.491 e. The van der Waals surface area contributed by atoms with Gasteiger partial charge in [0.2, 0.25) is 0 Å². The lowest BCUT2D eigenvalue weighted by Gasteiger charge is -2.11. The molecule has 5 heteroatoms. The SMILES string of the molecule is CCOc1ccc(C2CN(C)C(=O)N2)cc1F. The first-order valence-electron chi connectivity index (χ1n) is 5.55. The number of nitrogens with one attached hydrogen (secondary N) is 1. The smallest absolute Gasteiger partial charge is 0.317 e. The van der Waals surface area contributed by atoms with E-state index in [-0.39, 0.29) is 17.8 Å². The summed E-state index contributed by atoms with van der Waals surface area (Å²) in [7, 11) is 1.71. The van der Waals surface area contributed by atoms with Gasteiger partial charge in [-0.3, -0.25) is 0 Å².